The van der Waals surface area contributed by atoms with Gasteiger partial charge in [0.25, 0.3) is 0 Å². The number of hydrogen-bond acceptors (Lipinski definition) is 5. The lowest BCUT2D eigenvalue weighted by Gasteiger charge is -2.12. The molecule has 2 aromatic rings. The zero-order valence-corrected chi connectivity index (χ0v) is 14.6. The normalized spacial score (nSPS) is 10.9. The second kappa shape index (κ2) is 9.17. The summed E-state index contributed by atoms with van der Waals surface area (Å²) in [5, 5.41) is 14.5. The van der Waals surface area contributed by atoms with Gasteiger partial charge in [0.1, 0.15) is 0 Å². The molecule has 2 rings (SSSR count). The van der Waals surface area contributed by atoms with Crippen molar-refractivity contribution in [3.05, 3.63) is 36.4 Å². The Bertz CT molecular complexity index is 763. The van der Waals surface area contributed by atoms with Gasteiger partial charge in [-0.15, -0.1) is 0 Å². The van der Waals surface area contributed by atoms with Crippen molar-refractivity contribution in [1.82, 2.24) is 14.9 Å². The molecule has 0 saturated carbocycles. The van der Waals surface area contributed by atoms with Crippen LogP contribution in [0.15, 0.2) is 35.7 Å². The number of anilines is 1. The summed E-state index contributed by atoms with van der Waals surface area (Å²) in [4.78, 5) is 8.49. The maximum Gasteiger partial charge on any atom is 0.209 e. The molecule has 8 heteroatoms. The predicted octanol–water partition coefficient (Wildman–Crippen LogP) is 2.14. The second-order valence-corrected chi connectivity index (χ2v) is 5.24. The molecule has 0 amide bonds. The fraction of sp³-hybridized carbons (Fsp3) is 0.353. The number of nitrogens with one attached hydrogen (secondary N) is 2. The standard InChI is InChI=1S/C17H22N6O2/c1-13-10-19-12-23(13)8-4-7-20-17(21-11-18)22-14-5-6-15(24-2)16(9-14)25-3/h5-6,9-10,12H,4,7-8H2,1-3H3,(H2,20,21,22). The Hall–Kier alpha value is -3.21. The van der Waals surface area contributed by atoms with Crippen LogP contribution in [0, 0.1) is 18.4 Å². The topological polar surface area (TPSA) is 96.5 Å². The minimum atomic E-state index is 0.386. The third-order valence-corrected chi connectivity index (χ3v) is 3.57. The van der Waals surface area contributed by atoms with Crippen molar-refractivity contribution in [1.29, 1.82) is 5.26 Å². The van der Waals surface area contributed by atoms with E-state index in [9.17, 15) is 0 Å². The highest BCUT2D eigenvalue weighted by Gasteiger charge is 2.06. The van der Waals surface area contributed by atoms with Crippen LogP contribution in [-0.4, -0.2) is 36.3 Å². The van der Waals surface area contributed by atoms with Crippen LogP contribution in [-0.2, 0) is 6.54 Å². The number of imidazole rings is 1. The van der Waals surface area contributed by atoms with E-state index in [1.807, 2.05) is 25.4 Å². The van der Waals surface area contributed by atoms with Crippen molar-refractivity contribution in [3.63, 3.8) is 0 Å². The number of aromatic nitrogens is 2. The number of aliphatic imine (C=N–C) groups is 1. The molecule has 1 heterocycles. The Kier molecular flexibility index (Phi) is 6.65. The number of nitrogens with zero attached hydrogens (tertiary/aromatic N) is 4. The van der Waals surface area contributed by atoms with Gasteiger partial charge in [0, 0.05) is 36.7 Å². The number of methoxy groups -OCH3 is 2. The summed E-state index contributed by atoms with van der Waals surface area (Å²) in [6.45, 7) is 3.41. The molecule has 2 N–H and O–H groups in total. The van der Waals surface area contributed by atoms with Gasteiger partial charge >= 0.3 is 0 Å². The highest BCUT2D eigenvalue weighted by atomic mass is 16.5. The summed E-state index contributed by atoms with van der Waals surface area (Å²) in [7, 11) is 3.15. The van der Waals surface area contributed by atoms with Gasteiger partial charge in [0.15, 0.2) is 17.7 Å². The molecular weight excluding hydrogens is 320 g/mol. The van der Waals surface area contributed by atoms with E-state index in [1.54, 1.807) is 32.7 Å². The summed E-state index contributed by atoms with van der Waals surface area (Å²) in [6, 6.07) is 5.39. The van der Waals surface area contributed by atoms with Crippen molar-refractivity contribution < 1.29 is 9.47 Å². The first kappa shape index (κ1) is 18.1. The number of ether oxygens (including phenoxy) is 2. The number of nitriles is 1. The van der Waals surface area contributed by atoms with E-state index in [4.69, 9.17) is 14.7 Å². The van der Waals surface area contributed by atoms with Gasteiger partial charge in [-0.25, -0.2) is 4.98 Å². The van der Waals surface area contributed by atoms with Crippen molar-refractivity contribution >= 4 is 11.6 Å². The molecule has 0 radical (unpaired) electrons. The molecule has 1 aromatic heterocycles. The van der Waals surface area contributed by atoms with Crippen molar-refractivity contribution in [2.75, 3.05) is 26.1 Å². The Morgan fingerprint density at radius 3 is 2.76 bits per heavy atom. The van der Waals surface area contributed by atoms with Gasteiger partial charge in [-0.2, -0.15) is 5.26 Å². The van der Waals surface area contributed by atoms with E-state index in [-0.39, 0.29) is 0 Å². The first-order valence-corrected chi connectivity index (χ1v) is 7.83. The van der Waals surface area contributed by atoms with E-state index in [1.165, 1.54) is 0 Å². The van der Waals surface area contributed by atoms with Crippen LogP contribution in [0.2, 0.25) is 0 Å². The predicted molar refractivity (Wildman–Crippen MR) is 95.8 cm³/mol. The smallest absolute Gasteiger partial charge is 0.209 e. The van der Waals surface area contributed by atoms with Crippen molar-refractivity contribution in [2.45, 2.75) is 19.9 Å². The quantitative estimate of drug-likeness (QED) is 0.263. The number of rotatable bonds is 7. The van der Waals surface area contributed by atoms with E-state index in [2.05, 4.69) is 25.2 Å². The molecule has 0 spiro atoms. The van der Waals surface area contributed by atoms with Crippen molar-refractivity contribution in [2.24, 2.45) is 4.99 Å². The molecule has 0 atom stereocenters. The fourth-order valence-electron chi connectivity index (χ4n) is 2.27. The maximum absolute atomic E-state index is 8.90. The molecule has 0 saturated heterocycles. The van der Waals surface area contributed by atoms with Crippen LogP contribution < -0.4 is 20.1 Å². The Labute approximate surface area is 147 Å². The van der Waals surface area contributed by atoms with Crippen LogP contribution in [0.4, 0.5) is 5.69 Å². The second-order valence-electron chi connectivity index (χ2n) is 5.24. The average molecular weight is 342 g/mol. The molecule has 0 aliphatic rings. The van der Waals surface area contributed by atoms with Gasteiger partial charge in [-0.1, -0.05) is 0 Å². The average Bonchev–Trinajstić information content (AvgIpc) is 3.03. The van der Waals surface area contributed by atoms with Gasteiger partial charge < -0.3 is 19.4 Å². The van der Waals surface area contributed by atoms with Gasteiger partial charge in [-0.3, -0.25) is 10.3 Å². The van der Waals surface area contributed by atoms with Crippen LogP contribution in [0.1, 0.15) is 12.1 Å². The SMILES string of the molecule is COc1ccc(NC(=NCCCn2cncc2C)NC#N)cc1OC. The molecule has 0 bridgehead atoms. The molecule has 0 unspecified atom stereocenters. The third kappa shape index (κ3) is 5.14. The highest BCUT2D eigenvalue weighted by Crippen LogP contribution is 2.29. The van der Waals surface area contributed by atoms with E-state index < -0.39 is 0 Å². The van der Waals surface area contributed by atoms with Gasteiger partial charge in [-0.05, 0) is 25.5 Å². The molecule has 1 aromatic carbocycles. The Morgan fingerprint density at radius 2 is 2.12 bits per heavy atom. The summed E-state index contributed by atoms with van der Waals surface area (Å²) < 4.78 is 12.5. The summed E-state index contributed by atoms with van der Waals surface area (Å²) in [6.07, 6.45) is 6.35. The third-order valence-electron chi connectivity index (χ3n) is 3.57. The molecular formula is C17H22N6O2. The highest BCUT2D eigenvalue weighted by molar-refractivity contribution is 5.94. The zero-order valence-electron chi connectivity index (χ0n) is 14.6. The lowest BCUT2D eigenvalue weighted by Crippen LogP contribution is -2.27. The van der Waals surface area contributed by atoms with Crippen LogP contribution in [0.5, 0.6) is 11.5 Å². The minimum Gasteiger partial charge on any atom is -0.493 e. The fourth-order valence-corrected chi connectivity index (χ4v) is 2.27. The van der Waals surface area contributed by atoms with Crippen LogP contribution in [0.25, 0.3) is 0 Å². The van der Waals surface area contributed by atoms with E-state index in [0.717, 1.165) is 24.3 Å². The first-order chi connectivity index (χ1) is 12.2. The van der Waals surface area contributed by atoms with Gasteiger partial charge in [0.05, 0.1) is 20.5 Å². The minimum absolute atomic E-state index is 0.386. The number of guanidine groups is 1. The maximum atomic E-state index is 8.90. The monoisotopic (exact) mass is 342 g/mol. The largest absolute Gasteiger partial charge is 0.493 e. The molecule has 132 valence electrons. The lowest BCUT2D eigenvalue weighted by atomic mass is 10.3. The van der Waals surface area contributed by atoms with Gasteiger partial charge in [0.2, 0.25) is 5.96 Å². The summed E-state index contributed by atoms with van der Waals surface area (Å²) in [5.74, 6) is 1.62. The van der Waals surface area contributed by atoms with E-state index in [0.29, 0.717) is 24.0 Å². The number of hydrogen-bond donors (Lipinski definition) is 2. The molecule has 0 aliphatic carbocycles. The number of benzene rings is 1. The van der Waals surface area contributed by atoms with Crippen molar-refractivity contribution in [3.8, 4) is 17.7 Å². The van der Waals surface area contributed by atoms with Crippen LogP contribution in [0.3, 0.4) is 0 Å². The molecule has 0 fully saturated rings. The van der Waals surface area contributed by atoms with Crippen LogP contribution >= 0.6 is 0 Å². The Balaban J connectivity index is 1.97. The lowest BCUT2D eigenvalue weighted by molar-refractivity contribution is 0.355. The Morgan fingerprint density at radius 1 is 1.32 bits per heavy atom. The summed E-state index contributed by atoms with van der Waals surface area (Å²) in [5.41, 5.74) is 1.85. The van der Waals surface area contributed by atoms with E-state index >= 15 is 0 Å². The first-order valence-electron chi connectivity index (χ1n) is 7.83. The summed E-state index contributed by atoms with van der Waals surface area (Å²) >= 11 is 0. The molecule has 8 nitrogen and oxygen atoms in total. The number of aryl methyl sites for hydroxylation is 2. The molecule has 0 aliphatic heterocycles. The molecule has 25 heavy (non-hydrogen) atoms. The zero-order chi connectivity index (χ0) is 18.1.